The van der Waals surface area contributed by atoms with Crippen LogP contribution in [0.2, 0.25) is 0 Å². The lowest BCUT2D eigenvalue weighted by Crippen LogP contribution is -2.44. The molecule has 1 N–H and O–H groups in total. The molecule has 4 nitrogen and oxygen atoms in total. The summed E-state index contributed by atoms with van der Waals surface area (Å²) < 4.78 is 0.319. The van der Waals surface area contributed by atoms with Crippen molar-refractivity contribution in [2.75, 3.05) is 0 Å². The van der Waals surface area contributed by atoms with Crippen LogP contribution in [0.5, 0.6) is 0 Å². The minimum absolute atomic E-state index is 0.312. The summed E-state index contributed by atoms with van der Waals surface area (Å²) in [5, 5.41) is 2.94. The normalized spacial score (nSPS) is 16.1. The molecule has 1 aliphatic rings. The summed E-state index contributed by atoms with van der Waals surface area (Å²) >= 11 is 7.72. The van der Waals surface area contributed by atoms with E-state index in [0.29, 0.717) is 20.0 Å². The molecule has 0 unspecified atom stereocenters. The quantitative estimate of drug-likeness (QED) is 0.622. The average molecular weight is 389 g/mol. The monoisotopic (exact) mass is 388 g/mol. The second kappa shape index (κ2) is 7.51. The van der Waals surface area contributed by atoms with Gasteiger partial charge in [-0.15, -0.1) is 11.3 Å². The van der Waals surface area contributed by atoms with Gasteiger partial charge in [-0.3, -0.25) is 15.0 Å². The number of amides is 2. The van der Waals surface area contributed by atoms with Crippen LogP contribution in [-0.4, -0.2) is 21.1 Å². The lowest BCUT2D eigenvalue weighted by molar-refractivity contribution is -0.123. The largest absolute Gasteiger partial charge is 0.285 e. The third-order valence-electron chi connectivity index (χ3n) is 3.65. The van der Waals surface area contributed by atoms with E-state index in [-0.39, 0.29) is 11.8 Å². The maximum absolute atomic E-state index is 12.5. The summed E-state index contributed by atoms with van der Waals surface area (Å²) in [6.07, 6.45) is 1.79. The van der Waals surface area contributed by atoms with E-state index in [1.54, 1.807) is 23.6 Å². The van der Waals surface area contributed by atoms with Crippen LogP contribution < -0.4 is 5.43 Å². The number of nitrogens with one attached hydrogen (secondary N) is 1. The highest BCUT2D eigenvalue weighted by Crippen LogP contribution is 2.31. The molecule has 1 aliphatic heterocycles. The van der Waals surface area contributed by atoms with Crippen molar-refractivity contribution in [3.63, 3.8) is 0 Å². The molecule has 2 amide bonds. The number of thiophene rings is 1. The number of hydrazine groups is 1. The summed E-state index contributed by atoms with van der Waals surface area (Å²) in [6.45, 7) is 4.27. The van der Waals surface area contributed by atoms with Gasteiger partial charge in [0.1, 0.15) is 0 Å². The van der Waals surface area contributed by atoms with Gasteiger partial charge in [0.15, 0.2) is 4.32 Å². The van der Waals surface area contributed by atoms with Gasteiger partial charge >= 0.3 is 0 Å². The molecule has 25 heavy (non-hydrogen) atoms. The Balaban J connectivity index is 1.75. The van der Waals surface area contributed by atoms with Gasteiger partial charge in [0.2, 0.25) is 0 Å². The average Bonchev–Trinajstić information content (AvgIpc) is 3.20. The van der Waals surface area contributed by atoms with Crippen LogP contribution in [-0.2, 0) is 4.79 Å². The third-order valence-corrected chi connectivity index (χ3v) is 5.82. The molecule has 128 valence electrons. The fourth-order valence-corrected chi connectivity index (χ4v) is 4.05. The first kappa shape index (κ1) is 17.8. The van der Waals surface area contributed by atoms with Gasteiger partial charge in [-0.2, -0.15) is 5.01 Å². The Bertz CT molecular complexity index is 840. The van der Waals surface area contributed by atoms with Gasteiger partial charge in [-0.25, -0.2) is 0 Å². The Hall–Kier alpha value is -1.96. The minimum Gasteiger partial charge on any atom is -0.266 e. The minimum atomic E-state index is -0.339. The van der Waals surface area contributed by atoms with Gasteiger partial charge in [0.05, 0.1) is 9.78 Å². The molecule has 3 rings (SSSR count). The second-order valence-electron chi connectivity index (χ2n) is 5.76. The highest BCUT2D eigenvalue weighted by Gasteiger charge is 2.33. The molecular formula is C18H16N2O2S3. The van der Waals surface area contributed by atoms with Gasteiger partial charge in [-0.1, -0.05) is 55.9 Å². The Kier molecular flexibility index (Phi) is 5.36. The number of rotatable bonds is 4. The number of hydrogen-bond donors (Lipinski definition) is 1. The Morgan fingerprint density at radius 3 is 2.56 bits per heavy atom. The van der Waals surface area contributed by atoms with Crippen molar-refractivity contribution in [1.82, 2.24) is 10.4 Å². The summed E-state index contributed by atoms with van der Waals surface area (Å²) in [5.41, 5.74) is 4.74. The number of hydrogen-bond acceptors (Lipinski definition) is 5. The van der Waals surface area contributed by atoms with Crippen molar-refractivity contribution < 1.29 is 9.59 Å². The van der Waals surface area contributed by atoms with Crippen molar-refractivity contribution in [1.29, 1.82) is 0 Å². The molecule has 7 heteroatoms. The summed E-state index contributed by atoms with van der Waals surface area (Å²) in [7, 11) is 0. The van der Waals surface area contributed by atoms with E-state index in [9.17, 15) is 9.59 Å². The molecule has 0 aliphatic carbocycles. The summed E-state index contributed by atoms with van der Waals surface area (Å²) in [4.78, 5) is 25.7. The molecule has 1 fully saturated rings. The number of nitrogens with zero attached hydrogens (tertiary/aromatic N) is 1. The second-order valence-corrected chi connectivity index (χ2v) is 8.38. The van der Waals surface area contributed by atoms with Crippen molar-refractivity contribution in [2.45, 2.75) is 19.8 Å². The Morgan fingerprint density at radius 1 is 1.24 bits per heavy atom. The zero-order valence-corrected chi connectivity index (χ0v) is 16.1. The van der Waals surface area contributed by atoms with Crippen LogP contribution in [0.25, 0.3) is 6.08 Å². The summed E-state index contributed by atoms with van der Waals surface area (Å²) in [5.74, 6) is -0.193. The first-order valence-corrected chi connectivity index (χ1v) is 9.78. The van der Waals surface area contributed by atoms with E-state index in [4.69, 9.17) is 12.2 Å². The van der Waals surface area contributed by atoms with Crippen molar-refractivity contribution >= 4 is 57.5 Å². The van der Waals surface area contributed by atoms with Crippen LogP contribution in [0.3, 0.4) is 0 Å². The van der Waals surface area contributed by atoms with Crippen LogP contribution in [0, 0.1) is 0 Å². The van der Waals surface area contributed by atoms with E-state index in [0.717, 1.165) is 10.6 Å². The molecule has 1 aromatic heterocycles. The molecule has 2 heterocycles. The van der Waals surface area contributed by atoms with Gasteiger partial charge in [0.25, 0.3) is 11.8 Å². The molecule has 0 bridgehead atoms. The zero-order valence-electron chi connectivity index (χ0n) is 13.7. The van der Waals surface area contributed by atoms with Crippen LogP contribution in [0.1, 0.15) is 40.6 Å². The van der Waals surface area contributed by atoms with E-state index in [2.05, 4.69) is 31.4 Å². The molecular weight excluding hydrogens is 372 g/mol. The predicted octanol–water partition coefficient (Wildman–Crippen LogP) is 4.42. The van der Waals surface area contributed by atoms with E-state index in [1.165, 1.54) is 28.7 Å². The van der Waals surface area contributed by atoms with Crippen molar-refractivity contribution in [2.24, 2.45) is 0 Å². The smallest absolute Gasteiger partial charge is 0.266 e. The molecule has 1 aromatic carbocycles. The fraction of sp³-hybridized carbons (Fsp3) is 0.167. The molecule has 2 aromatic rings. The lowest BCUT2D eigenvalue weighted by Gasteiger charge is -2.14. The predicted molar refractivity (Wildman–Crippen MR) is 107 cm³/mol. The molecule has 0 atom stereocenters. The van der Waals surface area contributed by atoms with Gasteiger partial charge in [0, 0.05) is 0 Å². The number of thiocarbonyl (C=S) groups is 1. The highest BCUT2D eigenvalue weighted by molar-refractivity contribution is 8.26. The number of carbonyl (C=O) groups excluding carboxylic acids is 2. The highest BCUT2D eigenvalue weighted by atomic mass is 32.2. The standard InChI is InChI=1S/C18H16N2O2S3/c1-11(2)13-7-5-12(6-8-13)10-15-17(22)20(18(23)25-15)19-16(21)14-4-3-9-24-14/h3-11H,1-2H3,(H,19,21). The maximum atomic E-state index is 12.5. The van der Waals surface area contributed by atoms with Crippen LogP contribution in [0.4, 0.5) is 0 Å². The van der Waals surface area contributed by atoms with Gasteiger partial charge < -0.3 is 0 Å². The number of carbonyl (C=O) groups is 2. The summed E-state index contributed by atoms with van der Waals surface area (Å²) in [6, 6.07) is 11.5. The lowest BCUT2D eigenvalue weighted by atomic mass is 10.0. The third kappa shape index (κ3) is 4.00. The number of thioether (sulfide) groups is 1. The molecule has 1 saturated heterocycles. The van der Waals surface area contributed by atoms with Crippen LogP contribution in [0.15, 0.2) is 46.7 Å². The molecule has 0 saturated carbocycles. The van der Waals surface area contributed by atoms with Crippen LogP contribution >= 0.6 is 35.3 Å². The Morgan fingerprint density at radius 2 is 1.96 bits per heavy atom. The first-order valence-electron chi connectivity index (χ1n) is 7.68. The van der Waals surface area contributed by atoms with E-state index < -0.39 is 0 Å². The SMILES string of the molecule is CC(C)c1ccc(C=C2SC(=S)N(NC(=O)c3cccs3)C2=O)cc1. The molecule has 0 radical (unpaired) electrons. The van der Waals surface area contributed by atoms with Crippen molar-refractivity contribution in [3.8, 4) is 0 Å². The number of benzene rings is 1. The topological polar surface area (TPSA) is 49.4 Å². The molecule has 0 spiro atoms. The fourth-order valence-electron chi connectivity index (χ4n) is 2.26. The van der Waals surface area contributed by atoms with E-state index >= 15 is 0 Å². The van der Waals surface area contributed by atoms with Crippen molar-refractivity contribution in [3.05, 3.63) is 62.7 Å². The maximum Gasteiger partial charge on any atom is 0.285 e. The van der Waals surface area contributed by atoms with E-state index in [1.807, 2.05) is 12.1 Å². The zero-order chi connectivity index (χ0) is 18.0. The van der Waals surface area contributed by atoms with Gasteiger partial charge in [-0.05, 0) is 46.8 Å². The first-order chi connectivity index (χ1) is 12.0. The Labute approximate surface area is 159 Å².